The van der Waals surface area contributed by atoms with Gasteiger partial charge >= 0.3 is 59.8 Å². The number of carbonyl (C=O) groups is 5. The van der Waals surface area contributed by atoms with Crippen LogP contribution in [0.5, 0.6) is 0 Å². The summed E-state index contributed by atoms with van der Waals surface area (Å²) in [5, 5.41) is 0. The number of benzene rings is 2. The number of nitrogens with zero attached hydrogens (tertiary/aromatic N) is 2. The van der Waals surface area contributed by atoms with Crippen LogP contribution in [0.25, 0.3) is 0 Å². The standard InChI is InChI=1S/C15H17NO6.C15H19NO4.C4H8O.CO2.Na.H2O/c1-20-14(18)13-7-12(22-10-17)8-16(13)15(19)21-9-11-5-3-2-4-6-11;1-11-8-13(14(17)19-2)16(9-11)15(18)20-10-12-6-4-3-5-7-12;1-2-4-5-3-1;2-1-3;;/h2-6,10,12-13H,7-9H2,1H3;3-7,11,13H,8-10H2,1-2H3;1-4H2;;;1H2/q;;;;+1;/p-1/t12-,13-;11-,13-;;;;/m00..../s1. The van der Waals surface area contributed by atoms with Gasteiger partial charge in [-0.3, -0.25) is 14.6 Å². The van der Waals surface area contributed by atoms with Gasteiger partial charge in [-0.2, -0.15) is 9.59 Å². The second-order valence-electron chi connectivity index (χ2n) is 11.3. The molecule has 17 heteroatoms. The van der Waals surface area contributed by atoms with Gasteiger partial charge in [0, 0.05) is 26.2 Å². The summed E-state index contributed by atoms with van der Waals surface area (Å²) in [6.07, 6.45) is 1.98. The van der Waals surface area contributed by atoms with Crippen LogP contribution in [-0.2, 0) is 65.6 Å². The maximum atomic E-state index is 12.2. The van der Waals surface area contributed by atoms with Crippen molar-refractivity contribution >= 4 is 36.7 Å². The van der Waals surface area contributed by atoms with Crippen LogP contribution < -0.4 is 29.6 Å². The number of amides is 2. The van der Waals surface area contributed by atoms with Crippen LogP contribution in [0.3, 0.4) is 0 Å². The fraction of sp³-hybridized carbons (Fsp3) is 0.486. The molecule has 1 N–H and O–H groups in total. The minimum absolute atomic E-state index is 0. The molecule has 0 saturated carbocycles. The third kappa shape index (κ3) is 16.8. The van der Waals surface area contributed by atoms with Crippen LogP contribution in [0.1, 0.15) is 43.7 Å². The normalized spacial score (nSPS) is 19.4. The van der Waals surface area contributed by atoms with Crippen LogP contribution in [0.15, 0.2) is 60.7 Å². The van der Waals surface area contributed by atoms with Crippen molar-refractivity contribution in [2.45, 2.75) is 64.0 Å². The van der Waals surface area contributed by atoms with Gasteiger partial charge in [0.1, 0.15) is 31.4 Å². The summed E-state index contributed by atoms with van der Waals surface area (Å²) in [6, 6.07) is 17.3. The minimum atomic E-state index is -0.807. The van der Waals surface area contributed by atoms with Crippen molar-refractivity contribution in [3.63, 3.8) is 0 Å². The molecule has 3 heterocycles. The molecule has 5 rings (SSSR count). The summed E-state index contributed by atoms with van der Waals surface area (Å²) < 4.78 is 29.6. The van der Waals surface area contributed by atoms with Crippen LogP contribution in [-0.4, -0.2) is 111 Å². The van der Waals surface area contributed by atoms with Crippen LogP contribution >= 0.6 is 0 Å². The second-order valence-corrected chi connectivity index (χ2v) is 11.3. The summed E-state index contributed by atoms with van der Waals surface area (Å²) in [6.45, 7) is 5.24. The molecule has 3 aliphatic rings. The van der Waals surface area contributed by atoms with Crippen molar-refractivity contribution in [2.75, 3.05) is 40.5 Å². The molecule has 3 aliphatic heterocycles. The van der Waals surface area contributed by atoms with E-state index in [1.54, 1.807) is 0 Å². The number of methoxy groups -OCH3 is 2. The third-order valence-corrected chi connectivity index (χ3v) is 7.67. The summed E-state index contributed by atoms with van der Waals surface area (Å²) in [4.78, 5) is 77.0. The minimum Gasteiger partial charge on any atom is -0.870 e. The van der Waals surface area contributed by atoms with E-state index in [2.05, 4.69) is 4.74 Å². The van der Waals surface area contributed by atoms with E-state index in [0.717, 1.165) is 24.3 Å². The largest absolute Gasteiger partial charge is 1.00 e. The first-order valence-electron chi connectivity index (χ1n) is 15.9. The first-order valence-corrected chi connectivity index (χ1v) is 15.9. The van der Waals surface area contributed by atoms with Crippen molar-refractivity contribution in [3.8, 4) is 0 Å². The number of hydrogen-bond acceptors (Lipinski definition) is 14. The molecular weight excluding hydrogens is 695 g/mol. The first kappa shape index (κ1) is 47.7. The van der Waals surface area contributed by atoms with E-state index in [0.29, 0.717) is 19.4 Å². The maximum Gasteiger partial charge on any atom is 1.00 e. The zero-order valence-corrected chi connectivity index (χ0v) is 31.9. The second kappa shape index (κ2) is 27.4. The SMILES string of the molecule is C1CCOC1.COC(=O)[C@@H]1C[C@H](C)CN1C(=O)OCc1ccccc1.COC(=O)[C@@H]1C[C@H](OC=O)CN1C(=O)OCc1ccccc1.O=C=O.[Na+].[OH-]. The summed E-state index contributed by atoms with van der Waals surface area (Å²) >= 11 is 0. The van der Waals surface area contributed by atoms with Gasteiger partial charge in [-0.05, 0) is 36.3 Å². The third-order valence-electron chi connectivity index (χ3n) is 7.67. The Bertz CT molecular complexity index is 1370. The molecule has 3 saturated heterocycles. The van der Waals surface area contributed by atoms with Crippen molar-refractivity contribution < 1.29 is 97.0 Å². The number of esters is 2. The van der Waals surface area contributed by atoms with Gasteiger partial charge in [0.25, 0.3) is 6.47 Å². The van der Waals surface area contributed by atoms with E-state index in [4.69, 9.17) is 33.3 Å². The van der Waals surface area contributed by atoms with Gasteiger partial charge in [-0.25, -0.2) is 19.2 Å². The Morgan fingerprint density at radius 2 is 1.19 bits per heavy atom. The van der Waals surface area contributed by atoms with Crippen molar-refractivity contribution in [3.05, 3.63) is 71.8 Å². The van der Waals surface area contributed by atoms with E-state index in [1.165, 1.54) is 36.9 Å². The van der Waals surface area contributed by atoms with Crippen molar-refractivity contribution in [1.29, 1.82) is 0 Å². The van der Waals surface area contributed by atoms with Gasteiger partial charge in [0.15, 0.2) is 0 Å². The van der Waals surface area contributed by atoms with E-state index in [1.807, 2.05) is 67.6 Å². The van der Waals surface area contributed by atoms with E-state index in [9.17, 15) is 24.0 Å². The number of ether oxygens (including phenoxy) is 6. The number of hydrogen-bond donors (Lipinski definition) is 0. The van der Waals surface area contributed by atoms with Crippen LogP contribution in [0, 0.1) is 5.92 Å². The molecule has 52 heavy (non-hydrogen) atoms. The Labute approximate surface area is 324 Å². The molecule has 2 amide bonds. The summed E-state index contributed by atoms with van der Waals surface area (Å²) in [5.74, 6) is -0.678. The Morgan fingerprint density at radius 3 is 1.58 bits per heavy atom. The van der Waals surface area contributed by atoms with Crippen molar-refractivity contribution in [2.24, 2.45) is 5.92 Å². The van der Waals surface area contributed by atoms with Crippen molar-refractivity contribution in [1.82, 2.24) is 9.80 Å². The average molecular weight is 741 g/mol. The summed E-state index contributed by atoms with van der Waals surface area (Å²) in [5.41, 5.74) is 1.76. The molecule has 2 aromatic rings. The number of carbonyl (C=O) groups excluding carboxylic acids is 7. The molecule has 280 valence electrons. The van der Waals surface area contributed by atoms with E-state index in [-0.39, 0.29) is 79.3 Å². The quantitative estimate of drug-likeness (QED) is 0.155. The zero-order chi connectivity index (χ0) is 36.7. The molecule has 0 aliphatic carbocycles. The smallest absolute Gasteiger partial charge is 0.870 e. The molecule has 3 fully saturated rings. The fourth-order valence-corrected chi connectivity index (χ4v) is 5.26. The molecule has 0 unspecified atom stereocenters. The van der Waals surface area contributed by atoms with Gasteiger partial charge in [0.05, 0.1) is 20.8 Å². The maximum absolute atomic E-state index is 12.2. The molecule has 0 aromatic heterocycles. The fourth-order valence-electron chi connectivity index (χ4n) is 5.26. The van der Waals surface area contributed by atoms with Crippen LogP contribution in [0.2, 0.25) is 0 Å². The predicted octanol–water partition coefficient (Wildman–Crippen LogP) is 0.359. The number of likely N-dealkylation sites (tertiary alicyclic amines) is 2. The Kier molecular flexibility index (Phi) is 25.1. The zero-order valence-electron chi connectivity index (χ0n) is 29.9. The topological polar surface area (TPSA) is 211 Å². The average Bonchev–Trinajstić information content (AvgIpc) is 3.94. The van der Waals surface area contributed by atoms with Gasteiger partial charge in [0.2, 0.25) is 0 Å². The molecule has 0 spiro atoms. The molecule has 0 radical (unpaired) electrons. The van der Waals surface area contributed by atoms with Gasteiger partial charge in [-0.15, -0.1) is 0 Å². The molecule has 16 nitrogen and oxygen atoms in total. The Balaban J connectivity index is 0.000000801. The summed E-state index contributed by atoms with van der Waals surface area (Å²) in [7, 11) is 2.57. The monoisotopic (exact) mass is 740 g/mol. The molecule has 0 bridgehead atoms. The Morgan fingerprint density at radius 1 is 0.769 bits per heavy atom. The predicted molar refractivity (Wildman–Crippen MR) is 175 cm³/mol. The molecule has 4 atom stereocenters. The van der Waals surface area contributed by atoms with Crippen LogP contribution in [0.4, 0.5) is 9.59 Å². The van der Waals surface area contributed by atoms with Gasteiger partial charge < -0.3 is 33.9 Å². The Hall–Kier alpha value is -4.31. The molecular formula is C35H45N2NaO14. The molecule has 2 aromatic carbocycles. The van der Waals surface area contributed by atoms with Gasteiger partial charge in [-0.1, -0.05) is 67.6 Å². The van der Waals surface area contributed by atoms with E-state index < -0.39 is 36.3 Å². The number of rotatable bonds is 8. The van der Waals surface area contributed by atoms with E-state index >= 15 is 0 Å². The first-order chi connectivity index (χ1) is 24.2.